The van der Waals surface area contributed by atoms with Gasteiger partial charge >= 0.3 is 0 Å². The van der Waals surface area contributed by atoms with Gasteiger partial charge in [-0.3, -0.25) is 9.59 Å². The Morgan fingerprint density at radius 2 is 2.21 bits per heavy atom. The van der Waals surface area contributed by atoms with E-state index in [0.29, 0.717) is 29.1 Å². The first kappa shape index (κ1) is 16.3. The average molecular weight is 328 g/mol. The third-order valence-electron chi connectivity index (χ3n) is 4.04. The number of carbonyl (C=O) groups excluding carboxylic acids is 2. The summed E-state index contributed by atoms with van der Waals surface area (Å²) in [5.41, 5.74) is 1.31. The molecule has 0 bridgehead atoms. The minimum Gasteiger partial charge on any atom is -0.497 e. The van der Waals surface area contributed by atoms with Gasteiger partial charge in [-0.05, 0) is 31.0 Å². The van der Waals surface area contributed by atoms with Gasteiger partial charge in [-0.1, -0.05) is 12.1 Å². The van der Waals surface area contributed by atoms with Crippen molar-refractivity contribution in [3.8, 4) is 5.75 Å². The molecule has 3 rings (SSSR count). The molecule has 1 atom stereocenters. The summed E-state index contributed by atoms with van der Waals surface area (Å²) in [7, 11) is 1.55. The smallest absolute Gasteiger partial charge is 0.267 e. The minimum absolute atomic E-state index is 0.0850. The fourth-order valence-electron chi connectivity index (χ4n) is 2.69. The van der Waals surface area contributed by atoms with E-state index in [2.05, 4.69) is 10.3 Å². The zero-order chi connectivity index (χ0) is 16.9. The molecular weight excluding hydrogens is 308 g/mol. The Balaban J connectivity index is 1.65. The number of carbonyl (C=O) groups is 2. The summed E-state index contributed by atoms with van der Waals surface area (Å²) in [5.74, 6) is 0.212. The number of amides is 1. The van der Waals surface area contributed by atoms with Crippen molar-refractivity contribution < 1.29 is 19.1 Å². The lowest BCUT2D eigenvalue weighted by atomic mass is 10.1. The predicted octanol–water partition coefficient (Wildman–Crippen LogP) is 2.16. The van der Waals surface area contributed by atoms with Gasteiger partial charge in [-0.2, -0.15) is 0 Å². The molecule has 24 heavy (non-hydrogen) atoms. The molecule has 1 unspecified atom stereocenters. The molecular formula is C18H20N2O4. The number of ketones is 1. The van der Waals surface area contributed by atoms with Gasteiger partial charge in [0.05, 0.1) is 13.2 Å². The summed E-state index contributed by atoms with van der Waals surface area (Å²) < 4.78 is 10.6. The van der Waals surface area contributed by atoms with Crippen LogP contribution in [0, 0.1) is 0 Å². The number of hydrogen-bond donors (Lipinski definition) is 2. The SMILES string of the molecule is COc1cccc(C(=O)c2c[nH]c(C(=O)NCC3CCCO3)c2)c1. The fourth-order valence-corrected chi connectivity index (χ4v) is 2.69. The number of hydrogen-bond acceptors (Lipinski definition) is 4. The van der Waals surface area contributed by atoms with Gasteiger partial charge < -0.3 is 19.8 Å². The van der Waals surface area contributed by atoms with Gasteiger partial charge in [0.25, 0.3) is 5.91 Å². The first-order valence-corrected chi connectivity index (χ1v) is 7.94. The second-order valence-corrected chi connectivity index (χ2v) is 5.71. The molecule has 0 aliphatic carbocycles. The summed E-state index contributed by atoms with van der Waals surface area (Å²) in [6, 6.07) is 8.49. The normalized spacial score (nSPS) is 16.8. The van der Waals surface area contributed by atoms with E-state index in [9.17, 15) is 9.59 Å². The highest BCUT2D eigenvalue weighted by atomic mass is 16.5. The van der Waals surface area contributed by atoms with E-state index in [1.165, 1.54) is 0 Å². The van der Waals surface area contributed by atoms with Crippen LogP contribution < -0.4 is 10.1 Å². The monoisotopic (exact) mass is 328 g/mol. The van der Waals surface area contributed by atoms with Crippen molar-refractivity contribution >= 4 is 11.7 Å². The van der Waals surface area contributed by atoms with Gasteiger partial charge in [0.2, 0.25) is 0 Å². The van der Waals surface area contributed by atoms with Crippen LogP contribution in [0.1, 0.15) is 39.3 Å². The van der Waals surface area contributed by atoms with Crippen LogP contribution >= 0.6 is 0 Å². The molecule has 0 saturated carbocycles. The molecule has 1 aromatic carbocycles. The van der Waals surface area contributed by atoms with Crippen LogP contribution in [0.2, 0.25) is 0 Å². The highest BCUT2D eigenvalue weighted by Gasteiger charge is 2.18. The van der Waals surface area contributed by atoms with Gasteiger partial charge in [0.15, 0.2) is 5.78 Å². The van der Waals surface area contributed by atoms with Crippen molar-refractivity contribution in [3.63, 3.8) is 0 Å². The average Bonchev–Trinajstić information content (AvgIpc) is 3.30. The number of methoxy groups -OCH3 is 1. The van der Waals surface area contributed by atoms with E-state index in [1.54, 1.807) is 43.6 Å². The maximum atomic E-state index is 12.5. The van der Waals surface area contributed by atoms with Crippen molar-refractivity contribution in [3.05, 3.63) is 53.3 Å². The highest BCUT2D eigenvalue weighted by molar-refractivity contribution is 6.10. The van der Waals surface area contributed by atoms with E-state index in [1.807, 2.05) is 0 Å². The maximum absolute atomic E-state index is 12.5. The Labute approximate surface area is 140 Å². The van der Waals surface area contributed by atoms with Crippen molar-refractivity contribution in [1.82, 2.24) is 10.3 Å². The lowest BCUT2D eigenvalue weighted by Crippen LogP contribution is -2.31. The Kier molecular flexibility index (Phi) is 4.96. The molecule has 6 nitrogen and oxygen atoms in total. The molecule has 1 aliphatic rings. The standard InChI is InChI=1S/C18H20N2O4/c1-23-14-5-2-4-12(8-14)17(21)13-9-16(19-10-13)18(22)20-11-15-6-3-7-24-15/h2,4-5,8-10,15,19H,3,6-7,11H2,1H3,(H,20,22). The van der Waals surface area contributed by atoms with Crippen LogP contribution in [0.3, 0.4) is 0 Å². The Bertz CT molecular complexity index is 732. The lowest BCUT2D eigenvalue weighted by Gasteiger charge is -2.09. The van der Waals surface area contributed by atoms with Gasteiger partial charge in [0.1, 0.15) is 11.4 Å². The number of ether oxygens (including phenoxy) is 2. The van der Waals surface area contributed by atoms with Crippen molar-refractivity contribution in [2.45, 2.75) is 18.9 Å². The number of H-pyrrole nitrogens is 1. The van der Waals surface area contributed by atoms with Gasteiger partial charge in [-0.15, -0.1) is 0 Å². The number of rotatable bonds is 6. The summed E-state index contributed by atoms with van der Waals surface area (Å²) in [6.45, 7) is 1.24. The van der Waals surface area contributed by atoms with E-state index >= 15 is 0 Å². The molecule has 6 heteroatoms. The summed E-state index contributed by atoms with van der Waals surface area (Å²) in [5, 5.41) is 2.82. The summed E-state index contributed by atoms with van der Waals surface area (Å²) in [4.78, 5) is 27.5. The fraction of sp³-hybridized carbons (Fsp3) is 0.333. The quantitative estimate of drug-likeness (QED) is 0.796. The van der Waals surface area contributed by atoms with Gasteiger partial charge in [0, 0.05) is 30.5 Å². The number of aromatic amines is 1. The lowest BCUT2D eigenvalue weighted by molar-refractivity contribution is 0.0854. The molecule has 1 aliphatic heterocycles. The molecule has 2 heterocycles. The van der Waals surface area contributed by atoms with Crippen LogP contribution in [-0.4, -0.2) is 43.0 Å². The zero-order valence-electron chi connectivity index (χ0n) is 13.5. The van der Waals surface area contributed by atoms with Crippen LogP contribution in [0.25, 0.3) is 0 Å². The Morgan fingerprint density at radius 1 is 1.33 bits per heavy atom. The second-order valence-electron chi connectivity index (χ2n) is 5.71. The molecule has 0 radical (unpaired) electrons. The number of aromatic nitrogens is 1. The van der Waals surface area contributed by atoms with E-state index in [0.717, 1.165) is 19.4 Å². The first-order valence-electron chi connectivity index (χ1n) is 7.94. The molecule has 1 amide bonds. The van der Waals surface area contributed by atoms with Crippen LogP contribution in [0.5, 0.6) is 5.75 Å². The third kappa shape index (κ3) is 3.65. The second kappa shape index (κ2) is 7.31. The first-order chi connectivity index (χ1) is 11.7. The van der Waals surface area contributed by atoms with E-state index < -0.39 is 0 Å². The Morgan fingerprint density at radius 3 is 2.96 bits per heavy atom. The van der Waals surface area contributed by atoms with Crippen LogP contribution in [0.4, 0.5) is 0 Å². The van der Waals surface area contributed by atoms with Crippen molar-refractivity contribution in [1.29, 1.82) is 0 Å². The van der Waals surface area contributed by atoms with E-state index in [4.69, 9.17) is 9.47 Å². The minimum atomic E-state index is -0.241. The molecule has 2 aromatic rings. The van der Waals surface area contributed by atoms with Crippen LogP contribution in [-0.2, 0) is 4.74 Å². The number of nitrogens with one attached hydrogen (secondary N) is 2. The van der Waals surface area contributed by atoms with Crippen molar-refractivity contribution in [2.24, 2.45) is 0 Å². The predicted molar refractivity (Wildman–Crippen MR) is 88.5 cm³/mol. The maximum Gasteiger partial charge on any atom is 0.267 e. The molecule has 1 saturated heterocycles. The van der Waals surface area contributed by atoms with E-state index in [-0.39, 0.29) is 17.8 Å². The zero-order valence-corrected chi connectivity index (χ0v) is 13.5. The summed E-state index contributed by atoms with van der Waals surface area (Å²) >= 11 is 0. The molecule has 0 spiro atoms. The third-order valence-corrected chi connectivity index (χ3v) is 4.04. The molecule has 1 aromatic heterocycles. The molecule has 2 N–H and O–H groups in total. The largest absolute Gasteiger partial charge is 0.497 e. The van der Waals surface area contributed by atoms with Crippen molar-refractivity contribution in [2.75, 3.05) is 20.3 Å². The van der Waals surface area contributed by atoms with Crippen LogP contribution in [0.15, 0.2) is 36.5 Å². The summed E-state index contributed by atoms with van der Waals surface area (Å²) in [6.07, 6.45) is 3.62. The number of benzene rings is 1. The van der Waals surface area contributed by atoms with Gasteiger partial charge in [-0.25, -0.2) is 0 Å². The molecule has 126 valence electrons. The topological polar surface area (TPSA) is 80.4 Å². The molecule has 1 fully saturated rings. The Hall–Kier alpha value is -2.60. The highest BCUT2D eigenvalue weighted by Crippen LogP contribution is 2.17.